The van der Waals surface area contributed by atoms with Crippen LogP contribution in [0.5, 0.6) is 11.5 Å². The molecule has 0 aliphatic carbocycles. The van der Waals surface area contributed by atoms with Crippen LogP contribution in [0.3, 0.4) is 0 Å². The molecule has 0 saturated heterocycles. The largest absolute Gasteiger partial charge is 0.573 e. The molecule has 0 amide bonds. The zero-order chi connectivity index (χ0) is 22.6. The van der Waals surface area contributed by atoms with Gasteiger partial charge in [-0.15, -0.1) is 13.2 Å². The highest BCUT2D eigenvalue weighted by Gasteiger charge is 2.31. The van der Waals surface area contributed by atoms with Gasteiger partial charge < -0.3 is 9.47 Å². The number of halogens is 3. The van der Waals surface area contributed by atoms with Crippen molar-refractivity contribution < 1.29 is 22.6 Å². The van der Waals surface area contributed by atoms with E-state index < -0.39 is 6.36 Å². The van der Waals surface area contributed by atoms with Gasteiger partial charge in [-0.25, -0.2) is 0 Å². The molecule has 4 rings (SSSR count). The smallest absolute Gasteiger partial charge is 0.497 e. The maximum atomic E-state index is 12.4. The Labute approximate surface area is 184 Å². The lowest BCUT2D eigenvalue weighted by molar-refractivity contribution is -0.274. The Hall–Kier alpha value is -3.73. The molecule has 0 aromatic heterocycles. The van der Waals surface area contributed by atoms with Gasteiger partial charge in [0.15, 0.2) is 0 Å². The molecule has 4 aromatic carbocycles. The molecule has 0 aliphatic rings. The molecule has 4 aromatic rings. The summed E-state index contributed by atoms with van der Waals surface area (Å²) in [5.74, 6) is 0.545. The Morgan fingerprint density at radius 3 is 1.81 bits per heavy atom. The van der Waals surface area contributed by atoms with Gasteiger partial charge in [-0.3, -0.25) is 0 Å². The molecule has 0 radical (unpaired) electrons. The summed E-state index contributed by atoms with van der Waals surface area (Å²) in [4.78, 5) is 0. The number of ether oxygens (including phenoxy) is 2. The van der Waals surface area contributed by atoms with Crippen LogP contribution in [0.1, 0.15) is 22.6 Å². The first kappa shape index (κ1) is 21.5. The lowest BCUT2D eigenvalue weighted by Crippen LogP contribution is -2.16. The zero-order valence-corrected chi connectivity index (χ0v) is 17.3. The second-order valence-corrected chi connectivity index (χ2v) is 7.31. The summed E-state index contributed by atoms with van der Waals surface area (Å²) in [7, 11) is 1.64. The third-order valence-corrected chi connectivity index (χ3v) is 5.22. The average Bonchev–Trinajstić information content (AvgIpc) is 2.80. The van der Waals surface area contributed by atoms with Crippen LogP contribution in [-0.2, 0) is 0 Å². The van der Waals surface area contributed by atoms with Crippen molar-refractivity contribution in [1.29, 1.82) is 0 Å². The third-order valence-electron chi connectivity index (χ3n) is 5.22. The molecule has 2 nitrogen and oxygen atoms in total. The van der Waals surface area contributed by atoms with Gasteiger partial charge in [-0.1, -0.05) is 78.9 Å². The molecule has 0 spiro atoms. The SMILES string of the molecule is COc1ccc(C(c2ccccc2)c2cccc(-c3ccc(OC(F)(F)F)cc3)c2)cc1. The Kier molecular flexibility index (Phi) is 6.17. The Bertz CT molecular complexity index is 1150. The van der Waals surface area contributed by atoms with Gasteiger partial charge in [0.25, 0.3) is 0 Å². The van der Waals surface area contributed by atoms with Crippen LogP contribution in [0.15, 0.2) is 103 Å². The fourth-order valence-corrected chi connectivity index (χ4v) is 3.77. The molecule has 0 saturated carbocycles. The molecule has 5 heteroatoms. The Morgan fingerprint density at radius 2 is 1.19 bits per heavy atom. The van der Waals surface area contributed by atoms with Crippen LogP contribution in [0.4, 0.5) is 13.2 Å². The van der Waals surface area contributed by atoms with E-state index in [1.54, 1.807) is 19.2 Å². The first-order valence-corrected chi connectivity index (χ1v) is 10.1. The highest BCUT2D eigenvalue weighted by molar-refractivity contribution is 5.66. The molecular weight excluding hydrogens is 413 g/mol. The van der Waals surface area contributed by atoms with Crippen LogP contribution in [-0.4, -0.2) is 13.5 Å². The highest BCUT2D eigenvalue weighted by atomic mass is 19.4. The molecule has 0 aliphatic heterocycles. The van der Waals surface area contributed by atoms with Gasteiger partial charge in [0, 0.05) is 5.92 Å². The average molecular weight is 434 g/mol. The number of alkyl halides is 3. The highest BCUT2D eigenvalue weighted by Crippen LogP contribution is 2.35. The minimum absolute atomic E-state index is 0.00473. The van der Waals surface area contributed by atoms with E-state index in [-0.39, 0.29) is 11.7 Å². The monoisotopic (exact) mass is 434 g/mol. The number of methoxy groups -OCH3 is 1. The van der Waals surface area contributed by atoms with Crippen molar-refractivity contribution in [3.63, 3.8) is 0 Å². The van der Waals surface area contributed by atoms with E-state index in [4.69, 9.17) is 4.74 Å². The zero-order valence-electron chi connectivity index (χ0n) is 17.3. The van der Waals surface area contributed by atoms with Gasteiger partial charge in [-0.2, -0.15) is 0 Å². The van der Waals surface area contributed by atoms with Gasteiger partial charge >= 0.3 is 6.36 Å². The number of hydrogen-bond donors (Lipinski definition) is 0. The van der Waals surface area contributed by atoms with Crippen molar-refractivity contribution in [2.45, 2.75) is 12.3 Å². The number of hydrogen-bond acceptors (Lipinski definition) is 2. The fraction of sp³-hybridized carbons (Fsp3) is 0.111. The second-order valence-electron chi connectivity index (χ2n) is 7.31. The molecular formula is C27H21F3O2. The van der Waals surface area contributed by atoms with Crippen molar-refractivity contribution in [1.82, 2.24) is 0 Å². The lowest BCUT2D eigenvalue weighted by Gasteiger charge is -2.20. The van der Waals surface area contributed by atoms with E-state index in [1.807, 2.05) is 54.6 Å². The summed E-state index contributed by atoms with van der Waals surface area (Å²) in [6, 6.07) is 32.1. The van der Waals surface area contributed by atoms with Crippen molar-refractivity contribution in [3.05, 3.63) is 120 Å². The lowest BCUT2D eigenvalue weighted by atomic mass is 9.84. The van der Waals surface area contributed by atoms with E-state index in [0.29, 0.717) is 0 Å². The van der Waals surface area contributed by atoms with Gasteiger partial charge in [0.1, 0.15) is 11.5 Å². The summed E-state index contributed by atoms with van der Waals surface area (Å²) >= 11 is 0. The van der Waals surface area contributed by atoms with Gasteiger partial charge in [0.2, 0.25) is 0 Å². The van der Waals surface area contributed by atoms with Crippen molar-refractivity contribution >= 4 is 0 Å². The molecule has 0 fully saturated rings. The van der Waals surface area contributed by atoms with E-state index in [1.165, 1.54) is 12.1 Å². The van der Waals surface area contributed by atoms with Crippen LogP contribution >= 0.6 is 0 Å². The standard InChI is InChI=1S/C27H21F3O2/c1-31-24-14-12-21(13-15-24)26(20-6-3-2-4-7-20)23-9-5-8-22(18-23)19-10-16-25(17-11-19)32-27(28,29)30/h2-18,26H,1H3. The molecule has 32 heavy (non-hydrogen) atoms. The van der Waals surface area contributed by atoms with Crippen molar-refractivity contribution in [2.24, 2.45) is 0 Å². The summed E-state index contributed by atoms with van der Waals surface area (Å²) < 4.78 is 46.6. The maximum absolute atomic E-state index is 12.4. The fourth-order valence-electron chi connectivity index (χ4n) is 3.77. The second kappa shape index (κ2) is 9.18. The van der Waals surface area contributed by atoms with E-state index in [9.17, 15) is 13.2 Å². The summed E-state index contributed by atoms with van der Waals surface area (Å²) in [6.07, 6.45) is -4.71. The minimum atomic E-state index is -4.71. The summed E-state index contributed by atoms with van der Waals surface area (Å²) in [6.45, 7) is 0. The molecule has 1 unspecified atom stereocenters. The predicted molar refractivity (Wildman–Crippen MR) is 119 cm³/mol. The number of rotatable bonds is 6. The van der Waals surface area contributed by atoms with Crippen LogP contribution < -0.4 is 9.47 Å². The Morgan fingerprint density at radius 1 is 0.594 bits per heavy atom. The van der Waals surface area contributed by atoms with Crippen LogP contribution in [0.25, 0.3) is 11.1 Å². The maximum Gasteiger partial charge on any atom is 0.573 e. The van der Waals surface area contributed by atoms with Gasteiger partial charge in [0.05, 0.1) is 7.11 Å². The first-order valence-electron chi connectivity index (χ1n) is 10.1. The molecule has 0 bridgehead atoms. The summed E-state index contributed by atoms with van der Waals surface area (Å²) in [5, 5.41) is 0. The first-order chi connectivity index (χ1) is 15.4. The molecule has 162 valence electrons. The van der Waals surface area contributed by atoms with E-state index in [0.717, 1.165) is 33.6 Å². The quantitative estimate of drug-likeness (QED) is 0.294. The summed E-state index contributed by atoms with van der Waals surface area (Å²) in [5.41, 5.74) is 5.06. The van der Waals surface area contributed by atoms with Crippen molar-refractivity contribution in [2.75, 3.05) is 7.11 Å². The van der Waals surface area contributed by atoms with Crippen LogP contribution in [0, 0.1) is 0 Å². The van der Waals surface area contributed by atoms with Crippen LogP contribution in [0.2, 0.25) is 0 Å². The van der Waals surface area contributed by atoms with E-state index >= 15 is 0 Å². The molecule has 0 heterocycles. The van der Waals surface area contributed by atoms with Gasteiger partial charge in [-0.05, 0) is 52.1 Å². The number of benzene rings is 4. The molecule has 1 atom stereocenters. The van der Waals surface area contributed by atoms with Crippen molar-refractivity contribution in [3.8, 4) is 22.6 Å². The Balaban J connectivity index is 1.71. The predicted octanol–water partition coefficient (Wildman–Crippen LogP) is 7.44. The third kappa shape index (κ3) is 5.11. The van der Waals surface area contributed by atoms with E-state index in [2.05, 4.69) is 29.0 Å². The molecule has 0 N–H and O–H groups in total. The normalized spacial score (nSPS) is 12.2. The topological polar surface area (TPSA) is 18.5 Å². The minimum Gasteiger partial charge on any atom is -0.497 e.